The molecule has 0 aliphatic carbocycles. The van der Waals surface area contributed by atoms with Gasteiger partial charge in [-0.25, -0.2) is 0 Å². The standard InChI is InChI=1S/C8H19NO2S/c1-3-4-9(5-6-12-2)7-8(10)11/h8,10-11H,3-7H2,1-2H3. The Labute approximate surface area is 78.8 Å². The van der Waals surface area contributed by atoms with Crippen LogP contribution < -0.4 is 0 Å². The van der Waals surface area contributed by atoms with Crippen LogP contribution in [0.2, 0.25) is 0 Å². The fourth-order valence-corrected chi connectivity index (χ4v) is 1.50. The smallest absolute Gasteiger partial charge is 0.164 e. The highest BCUT2D eigenvalue weighted by Crippen LogP contribution is 1.98. The van der Waals surface area contributed by atoms with E-state index in [1.807, 2.05) is 0 Å². The van der Waals surface area contributed by atoms with Gasteiger partial charge in [0.25, 0.3) is 0 Å². The zero-order valence-corrected chi connectivity index (χ0v) is 8.68. The Balaban J connectivity index is 3.54. The van der Waals surface area contributed by atoms with Crippen LogP contribution in [0.25, 0.3) is 0 Å². The normalized spacial score (nSPS) is 11.5. The number of rotatable bonds is 7. The number of hydrogen-bond acceptors (Lipinski definition) is 4. The number of nitrogens with zero attached hydrogens (tertiary/aromatic N) is 1. The number of hydrogen-bond donors (Lipinski definition) is 2. The van der Waals surface area contributed by atoms with Crippen LogP contribution in [0.15, 0.2) is 0 Å². The molecule has 0 bridgehead atoms. The molecule has 0 aromatic rings. The second-order valence-electron chi connectivity index (χ2n) is 2.77. The molecule has 74 valence electrons. The third kappa shape index (κ3) is 6.91. The van der Waals surface area contributed by atoms with Crippen LogP contribution in [0.5, 0.6) is 0 Å². The molecule has 0 saturated heterocycles. The van der Waals surface area contributed by atoms with Crippen LogP contribution in [0.3, 0.4) is 0 Å². The lowest BCUT2D eigenvalue weighted by molar-refractivity contribution is -0.0602. The van der Waals surface area contributed by atoms with Gasteiger partial charge in [0, 0.05) is 18.8 Å². The van der Waals surface area contributed by atoms with Crippen molar-refractivity contribution in [1.29, 1.82) is 0 Å². The Bertz CT molecular complexity index is 101. The molecule has 0 saturated carbocycles. The molecule has 12 heavy (non-hydrogen) atoms. The van der Waals surface area contributed by atoms with Crippen molar-refractivity contribution in [3.8, 4) is 0 Å². The summed E-state index contributed by atoms with van der Waals surface area (Å²) in [5.74, 6) is 1.05. The minimum absolute atomic E-state index is 0.369. The lowest BCUT2D eigenvalue weighted by atomic mass is 10.4. The van der Waals surface area contributed by atoms with Crippen LogP contribution in [-0.2, 0) is 0 Å². The quantitative estimate of drug-likeness (QED) is 0.573. The summed E-state index contributed by atoms with van der Waals surface area (Å²) in [6.45, 7) is 4.34. The fraction of sp³-hybridized carbons (Fsp3) is 1.00. The van der Waals surface area contributed by atoms with E-state index in [0.717, 1.165) is 25.3 Å². The number of aliphatic hydroxyl groups is 2. The summed E-state index contributed by atoms with van der Waals surface area (Å²) in [5.41, 5.74) is 0. The van der Waals surface area contributed by atoms with Crippen LogP contribution in [0, 0.1) is 0 Å². The van der Waals surface area contributed by atoms with Gasteiger partial charge in [0.05, 0.1) is 0 Å². The molecule has 0 fully saturated rings. The maximum atomic E-state index is 8.76. The van der Waals surface area contributed by atoms with Gasteiger partial charge >= 0.3 is 0 Å². The molecule has 0 heterocycles. The first kappa shape index (κ1) is 12.2. The second-order valence-corrected chi connectivity index (χ2v) is 3.76. The van der Waals surface area contributed by atoms with Crippen molar-refractivity contribution in [2.75, 3.05) is 31.6 Å². The second kappa shape index (κ2) is 7.86. The third-order valence-corrected chi connectivity index (χ3v) is 2.16. The first-order chi connectivity index (χ1) is 5.70. The number of thioether (sulfide) groups is 1. The molecule has 0 aliphatic heterocycles. The van der Waals surface area contributed by atoms with Crippen molar-refractivity contribution in [1.82, 2.24) is 4.90 Å². The van der Waals surface area contributed by atoms with Crippen molar-refractivity contribution in [2.45, 2.75) is 19.6 Å². The molecular weight excluding hydrogens is 174 g/mol. The Morgan fingerprint density at radius 3 is 2.42 bits per heavy atom. The van der Waals surface area contributed by atoms with E-state index < -0.39 is 6.29 Å². The molecule has 0 aromatic carbocycles. The largest absolute Gasteiger partial charge is 0.367 e. The molecule has 0 atom stereocenters. The summed E-state index contributed by atoms with van der Waals surface area (Å²) in [5, 5.41) is 17.5. The van der Waals surface area contributed by atoms with Gasteiger partial charge in [0.1, 0.15) is 0 Å². The summed E-state index contributed by atoms with van der Waals surface area (Å²) in [4.78, 5) is 2.07. The summed E-state index contributed by atoms with van der Waals surface area (Å²) in [6, 6.07) is 0. The van der Waals surface area contributed by atoms with Crippen LogP contribution in [0.4, 0.5) is 0 Å². The van der Waals surface area contributed by atoms with Crippen molar-refractivity contribution in [2.24, 2.45) is 0 Å². The molecule has 0 unspecified atom stereocenters. The van der Waals surface area contributed by atoms with Crippen molar-refractivity contribution in [3.05, 3.63) is 0 Å². The van der Waals surface area contributed by atoms with Crippen molar-refractivity contribution in [3.63, 3.8) is 0 Å². The predicted molar refractivity (Wildman–Crippen MR) is 53.3 cm³/mol. The highest BCUT2D eigenvalue weighted by Gasteiger charge is 2.06. The van der Waals surface area contributed by atoms with Gasteiger partial charge in [0.2, 0.25) is 0 Å². The van der Waals surface area contributed by atoms with Gasteiger partial charge in [-0.05, 0) is 19.2 Å². The zero-order valence-electron chi connectivity index (χ0n) is 7.86. The average Bonchev–Trinajstić information content (AvgIpc) is 2.00. The summed E-state index contributed by atoms with van der Waals surface area (Å²) in [7, 11) is 0. The molecule has 3 nitrogen and oxygen atoms in total. The van der Waals surface area contributed by atoms with Crippen molar-refractivity contribution >= 4 is 11.8 Å². The van der Waals surface area contributed by atoms with E-state index in [1.165, 1.54) is 0 Å². The van der Waals surface area contributed by atoms with Gasteiger partial charge in [-0.1, -0.05) is 6.92 Å². The zero-order chi connectivity index (χ0) is 9.40. The van der Waals surface area contributed by atoms with Crippen LogP contribution >= 0.6 is 11.8 Å². The van der Waals surface area contributed by atoms with Gasteiger partial charge in [-0.15, -0.1) is 0 Å². The van der Waals surface area contributed by atoms with E-state index in [4.69, 9.17) is 10.2 Å². The maximum Gasteiger partial charge on any atom is 0.164 e. The first-order valence-corrected chi connectivity index (χ1v) is 5.67. The molecule has 2 N–H and O–H groups in total. The Kier molecular flexibility index (Phi) is 8.01. The molecule has 0 aromatic heterocycles. The molecule has 0 radical (unpaired) electrons. The number of aliphatic hydroxyl groups excluding tert-OH is 1. The van der Waals surface area contributed by atoms with E-state index >= 15 is 0 Å². The molecule has 4 heteroatoms. The van der Waals surface area contributed by atoms with Crippen LogP contribution in [-0.4, -0.2) is 53.0 Å². The van der Waals surface area contributed by atoms with Gasteiger partial charge in [-0.2, -0.15) is 11.8 Å². The minimum atomic E-state index is -1.20. The summed E-state index contributed by atoms with van der Waals surface area (Å²) < 4.78 is 0. The lowest BCUT2D eigenvalue weighted by Gasteiger charge is -2.21. The summed E-state index contributed by atoms with van der Waals surface area (Å²) in [6.07, 6.45) is 1.92. The van der Waals surface area contributed by atoms with E-state index in [2.05, 4.69) is 18.1 Å². The van der Waals surface area contributed by atoms with E-state index in [-0.39, 0.29) is 0 Å². The molecule has 0 aliphatic rings. The molecule has 0 amide bonds. The van der Waals surface area contributed by atoms with E-state index in [1.54, 1.807) is 11.8 Å². The maximum absolute atomic E-state index is 8.76. The SMILES string of the molecule is CCCN(CCSC)CC(O)O. The Morgan fingerprint density at radius 2 is 2.00 bits per heavy atom. The van der Waals surface area contributed by atoms with Gasteiger partial charge in [0.15, 0.2) is 6.29 Å². The topological polar surface area (TPSA) is 43.7 Å². The Morgan fingerprint density at radius 1 is 1.33 bits per heavy atom. The summed E-state index contributed by atoms with van der Waals surface area (Å²) >= 11 is 1.78. The highest BCUT2D eigenvalue weighted by molar-refractivity contribution is 7.98. The fourth-order valence-electron chi connectivity index (χ4n) is 1.06. The first-order valence-electron chi connectivity index (χ1n) is 4.28. The molecule has 0 spiro atoms. The van der Waals surface area contributed by atoms with Crippen molar-refractivity contribution < 1.29 is 10.2 Å². The molecular formula is C8H19NO2S. The lowest BCUT2D eigenvalue weighted by Crippen LogP contribution is -2.34. The van der Waals surface area contributed by atoms with Gasteiger partial charge < -0.3 is 10.2 Å². The predicted octanol–water partition coefficient (Wildman–Crippen LogP) is 0.372. The average molecular weight is 193 g/mol. The third-order valence-electron chi connectivity index (χ3n) is 1.57. The van der Waals surface area contributed by atoms with Gasteiger partial charge in [-0.3, -0.25) is 4.90 Å². The minimum Gasteiger partial charge on any atom is -0.367 e. The van der Waals surface area contributed by atoms with Crippen LogP contribution in [0.1, 0.15) is 13.3 Å². The highest BCUT2D eigenvalue weighted by atomic mass is 32.2. The Hall–Kier alpha value is 0.230. The monoisotopic (exact) mass is 193 g/mol. The molecule has 0 rings (SSSR count). The van der Waals surface area contributed by atoms with E-state index in [9.17, 15) is 0 Å². The van der Waals surface area contributed by atoms with E-state index in [0.29, 0.717) is 6.54 Å².